The van der Waals surface area contributed by atoms with E-state index in [0.717, 1.165) is 19.8 Å². The molecule has 2 rings (SSSR count). The molecule has 1 aliphatic rings. The van der Waals surface area contributed by atoms with Crippen LogP contribution in [0.15, 0.2) is 35.3 Å². The van der Waals surface area contributed by atoms with E-state index in [2.05, 4.69) is 68.8 Å². The quantitative estimate of drug-likeness (QED) is 0.00987. The average molecular weight is 1390 g/mol. The lowest BCUT2D eigenvalue weighted by Gasteiger charge is -2.29. The maximum atomic E-state index is 14.7. The fourth-order valence-electron chi connectivity index (χ4n) is 10.1. The molecule has 37 heteroatoms. The highest BCUT2D eigenvalue weighted by Crippen LogP contribution is 2.13. The molecule has 98 heavy (non-hydrogen) atoms. The monoisotopic (exact) mass is 1390 g/mol. The second-order valence-corrected chi connectivity index (χ2v) is 24.8. The van der Waals surface area contributed by atoms with Crippen LogP contribution < -0.4 is 104 Å². The number of rotatable bonds is 35. The Morgan fingerprint density at radius 3 is 1.70 bits per heavy atom. The molecule has 0 unspecified atom stereocenters. The molecule has 1 saturated heterocycles. The number of nitrogens with two attached hydrogens (primary N) is 6. The molecular weight excluding hydrogens is 1280 g/mol. The third-order valence-electron chi connectivity index (χ3n) is 15.4. The predicted octanol–water partition coefficient (Wildman–Crippen LogP) is -7.27. The van der Waals surface area contributed by atoms with Crippen molar-refractivity contribution in [3.8, 4) is 0 Å². The molecule has 1 fully saturated rings. The summed E-state index contributed by atoms with van der Waals surface area (Å²) in [7, 11) is 0. The van der Waals surface area contributed by atoms with Gasteiger partial charge >= 0.3 is 0 Å². The number of unbranched alkanes of at least 4 members (excludes halogenated alkanes) is 1. The molecule has 37 nitrogen and oxygen atoms in total. The fraction of sp³-hybridized carbons (Fsp3) is 0.689. The lowest BCUT2D eigenvalue weighted by atomic mass is 10.00. The van der Waals surface area contributed by atoms with Gasteiger partial charge in [-0.2, -0.15) is 0 Å². The summed E-state index contributed by atoms with van der Waals surface area (Å²) in [5, 5.41) is 62.0. The van der Waals surface area contributed by atoms with E-state index in [1.165, 1.54) is 6.92 Å². The minimum Gasteiger partial charge on any atom is -0.391 e. The highest BCUT2D eigenvalue weighted by molar-refractivity contribution is 5.99. The summed E-state index contributed by atoms with van der Waals surface area (Å²) in [5.41, 5.74) is 37.4. The number of amides is 12. The normalized spacial score (nSPS) is 21.5. The molecule has 0 radical (unpaired) electrons. The van der Waals surface area contributed by atoms with Gasteiger partial charge in [-0.3, -0.25) is 57.5 Å². The van der Waals surface area contributed by atoms with Crippen LogP contribution in [-0.2, 0) is 64.0 Å². The first-order chi connectivity index (χ1) is 46.3. The van der Waals surface area contributed by atoms with Crippen LogP contribution in [0.2, 0.25) is 0 Å². The van der Waals surface area contributed by atoms with Crippen molar-refractivity contribution < 1.29 is 72.8 Å². The molecule has 0 bridgehead atoms. The maximum absolute atomic E-state index is 14.7. The summed E-state index contributed by atoms with van der Waals surface area (Å²) in [6.45, 7) is 8.19. The molecule has 0 aliphatic carbocycles. The van der Waals surface area contributed by atoms with E-state index in [0.29, 0.717) is 17.9 Å². The molecule has 1 aromatic carbocycles. The van der Waals surface area contributed by atoms with Gasteiger partial charge in [0.2, 0.25) is 70.9 Å². The number of aliphatic hydroxyl groups is 2. The zero-order chi connectivity index (χ0) is 73.6. The number of benzene rings is 1. The highest BCUT2D eigenvalue weighted by atomic mass is 16.7. The lowest BCUT2D eigenvalue weighted by Crippen LogP contribution is -2.62. The van der Waals surface area contributed by atoms with Gasteiger partial charge in [0.15, 0.2) is 5.03 Å². The van der Waals surface area contributed by atoms with Crippen molar-refractivity contribution in [3.63, 3.8) is 0 Å². The number of hydrogen-bond acceptors (Lipinski definition) is 22. The average Bonchev–Trinajstić information content (AvgIpc) is 0.914. The van der Waals surface area contributed by atoms with Crippen LogP contribution in [0, 0.1) is 22.0 Å². The molecule has 0 aromatic heterocycles. The molecule has 13 atom stereocenters. The Balaban J connectivity index is 2.75. The van der Waals surface area contributed by atoms with Crippen LogP contribution in [0.25, 0.3) is 0 Å². The first kappa shape index (κ1) is 85.3. The number of carbonyl (C=O) groups is 12. The van der Waals surface area contributed by atoms with Gasteiger partial charge in [0.25, 0.3) is 5.96 Å². The van der Waals surface area contributed by atoms with Gasteiger partial charge in [-0.25, -0.2) is 15.1 Å². The topological polar surface area (TPSA) is 613 Å². The van der Waals surface area contributed by atoms with Crippen molar-refractivity contribution in [2.75, 3.05) is 45.8 Å². The van der Waals surface area contributed by atoms with Gasteiger partial charge in [0.1, 0.15) is 60.4 Å². The summed E-state index contributed by atoms with van der Waals surface area (Å²) in [6, 6.07) is -8.50. The zero-order valence-corrected chi connectivity index (χ0v) is 56.9. The number of aliphatic imine (C=N–C) groups is 1. The second kappa shape index (κ2) is 45.7. The number of hydrogen-bond donors (Lipinski definition) is 21. The largest absolute Gasteiger partial charge is 0.391 e. The molecule has 1 aliphatic heterocycles. The van der Waals surface area contributed by atoms with E-state index in [9.17, 15) is 77.9 Å². The van der Waals surface area contributed by atoms with Gasteiger partial charge in [-0.05, 0) is 122 Å². The number of aliphatic hydroxyl groups excluding tert-OH is 2. The molecule has 12 amide bonds. The third-order valence-corrected chi connectivity index (χ3v) is 15.4. The molecule has 27 N–H and O–H groups in total. The molecule has 552 valence electrons. The Hall–Kier alpha value is -8.75. The minimum atomic E-state index is -1.83. The first-order valence-corrected chi connectivity index (χ1v) is 33.1. The summed E-state index contributed by atoms with van der Waals surface area (Å²) in [4.78, 5) is 184. The molecular formula is C61H107N21O16. The lowest BCUT2D eigenvalue weighted by molar-refractivity contribution is -0.525. The minimum absolute atomic E-state index is 0.0152. The molecule has 0 spiro atoms. The number of nitrogens with zero attached hydrogens (tertiary/aromatic N) is 2. The van der Waals surface area contributed by atoms with Gasteiger partial charge in [0.05, 0.1) is 18.2 Å². The number of nitro groups is 1. The SMILES string of the molecule is CC(C)CCCCC(=O)N[C@@H](CCN)C(=O)N[C@H](C(=O)N[C@@H](CCN)C(=O)N[C@H]1CCNC(=O)[C@H]([C@@H](C)O)NC(=O)[C@H](CCNC(=O)[C@@H](N)CCCN=C(N)N[N+](=O)[O-])NC(=O)[C@H](CCN)NC(=O)[C@H](CC(C)C)NC(=O)[C@@H](Cc2ccccc2)NC(=O)[C@H](CCN)NC1=O)[C@@H](C)O. The Morgan fingerprint density at radius 1 is 0.612 bits per heavy atom. The number of guanidine groups is 1. The smallest absolute Gasteiger partial charge is 0.251 e. The molecule has 0 saturated carbocycles. The standard InChI is InChI=1S/C61H107N21O16/c1-33(2)13-10-11-17-47(85)71-39(18-24-62)55(91)80-49(36(6)84)60(96)76-42(21-27-65)52(88)74-43-23-30-69-59(95)48(35(5)83)79-56(92)44(22-29-68-50(86)38(66)16-12-28-70-61(67)81-82(97)98)75-51(87)40(19-25-63)73-57(93)45(31-34(3)4)77-58(94)46(32-37-14-8-7-9-15-37)78-53(89)41(20-26-64)72-54(43)90/h7-9,14-15,33-36,38-46,48-49,83-84H,10-13,16-32,62-66H2,1-6H3,(H,68,86)(H,69,95)(H,71,85)(H,72,90)(H,73,93)(H,74,88)(H,75,87)(H,76,96)(H,77,94)(H,78,89)(H,79,92)(H,80,91)(H3,67,70,81)/t35-,36-,38+,39+,40+,41+,42+,43+,44+,45+,46-,48+,49+/m1/s1. The summed E-state index contributed by atoms with van der Waals surface area (Å²) >= 11 is 0. The molecule has 1 aromatic rings. The van der Waals surface area contributed by atoms with Gasteiger partial charge < -0.3 is 108 Å². The Morgan fingerprint density at radius 2 is 1.15 bits per heavy atom. The van der Waals surface area contributed by atoms with E-state index in [-0.39, 0.29) is 103 Å². The van der Waals surface area contributed by atoms with E-state index in [4.69, 9.17) is 34.4 Å². The van der Waals surface area contributed by atoms with Crippen molar-refractivity contribution in [1.29, 1.82) is 0 Å². The van der Waals surface area contributed by atoms with E-state index < -0.39 is 180 Å². The zero-order valence-electron chi connectivity index (χ0n) is 56.9. The summed E-state index contributed by atoms with van der Waals surface area (Å²) < 4.78 is 0. The Labute approximate surface area is 570 Å². The molecule has 1 heterocycles. The van der Waals surface area contributed by atoms with Gasteiger partial charge in [0, 0.05) is 32.5 Å². The van der Waals surface area contributed by atoms with E-state index in [1.807, 2.05) is 13.8 Å². The van der Waals surface area contributed by atoms with Crippen LogP contribution >= 0.6 is 0 Å². The van der Waals surface area contributed by atoms with Crippen molar-refractivity contribution >= 4 is 76.8 Å². The highest BCUT2D eigenvalue weighted by Gasteiger charge is 2.38. The van der Waals surface area contributed by atoms with E-state index in [1.54, 1.807) is 49.6 Å². The van der Waals surface area contributed by atoms with Gasteiger partial charge in [-0.1, -0.05) is 76.3 Å². The number of carbonyl (C=O) groups excluding carboxylic acids is 12. The van der Waals surface area contributed by atoms with Crippen molar-refractivity contribution in [2.45, 2.75) is 210 Å². The summed E-state index contributed by atoms with van der Waals surface area (Å²) in [5.74, 6) is -11.6. The van der Waals surface area contributed by atoms with Crippen LogP contribution in [0.3, 0.4) is 0 Å². The second-order valence-electron chi connectivity index (χ2n) is 24.8. The van der Waals surface area contributed by atoms with Crippen LogP contribution in [-0.4, -0.2) is 217 Å². The van der Waals surface area contributed by atoms with Crippen LogP contribution in [0.4, 0.5) is 0 Å². The summed E-state index contributed by atoms with van der Waals surface area (Å²) in [6.07, 6.45) is -2.85. The Kier molecular flexibility index (Phi) is 39.8. The van der Waals surface area contributed by atoms with Crippen molar-refractivity contribution in [3.05, 3.63) is 46.0 Å². The number of nitrogens with one attached hydrogen (secondary N) is 13. The Bertz CT molecular complexity index is 2800. The van der Waals surface area contributed by atoms with Crippen molar-refractivity contribution in [1.82, 2.24) is 69.2 Å². The van der Waals surface area contributed by atoms with Crippen LogP contribution in [0.1, 0.15) is 131 Å². The first-order valence-electron chi connectivity index (χ1n) is 33.1. The third kappa shape index (κ3) is 32.5. The van der Waals surface area contributed by atoms with Crippen LogP contribution in [0.5, 0.6) is 0 Å². The maximum Gasteiger partial charge on any atom is 0.251 e. The van der Waals surface area contributed by atoms with Gasteiger partial charge in [-0.15, -0.1) is 0 Å². The predicted molar refractivity (Wildman–Crippen MR) is 359 cm³/mol. The number of hydrazine groups is 1. The fourth-order valence-corrected chi connectivity index (χ4v) is 10.1. The van der Waals surface area contributed by atoms with Crippen molar-refractivity contribution in [2.24, 2.45) is 51.2 Å². The van der Waals surface area contributed by atoms with E-state index >= 15 is 0 Å².